The Hall–Kier alpha value is -0.680. The Bertz CT molecular complexity index is 379. The molecule has 2 heterocycles. The maximum Gasteiger partial charge on any atom is 0.134 e. The van der Waals surface area contributed by atoms with Crippen molar-refractivity contribution in [1.29, 1.82) is 0 Å². The fourth-order valence-corrected chi connectivity index (χ4v) is 3.23. The SMILES string of the molecule is Cc1nc(Cl)cc(N[C@@H]2CC[S@@](=O)C2)n1. The normalized spacial score (nSPS) is 25.5. The van der Waals surface area contributed by atoms with Gasteiger partial charge in [0.25, 0.3) is 0 Å². The quantitative estimate of drug-likeness (QED) is 0.800. The molecule has 1 aliphatic rings. The summed E-state index contributed by atoms with van der Waals surface area (Å²) in [5.41, 5.74) is 0. The van der Waals surface area contributed by atoms with Gasteiger partial charge < -0.3 is 5.32 Å². The second-order valence-corrected chi connectivity index (χ2v) is 5.57. The van der Waals surface area contributed by atoms with Crippen molar-refractivity contribution in [3.8, 4) is 0 Å². The van der Waals surface area contributed by atoms with Crippen molar-refractivity contribution >= 4 is 28.2 Å². The summed E-state index contributed by atoms with van der Waals surface area (Å²) in [6.07, 6.45) is 0.924. The average Bonchev–Trinajstić information content (AvgIpc) is 2.49. The van der Waals surface area contributed by atoms with Gasteiger partial charge in [0.15, 0.2) is 0 Å². The largest absolute Gasteiger partial charge is 0.366 e. The number of rotatable bonds is 2. The van der Waals surface area contributed by atoms with Crippen LogP contribution in [0.4, 0.5) is 5.82 Å². The highest BCUT2D eigenvalue weighted by atomic mass is 35.5. The maximum atomic E-state index is 11.2. The van der Waals surface area contributed by atoms with Gasteiger partial charge in [0, 0.05) is 34.4 Å². The number of aryl methyl sites for hydroxylation is 1. The van der Waals surface area contributed by atoms with Crippen LogP contribution in [0.3, 0.4) is 0 Å². The Kier molecular flexibility index (Phi) is 3.21. The molecule has 0 amide bonds. The third-order valence-corrected chi connectivity index (χ3v) is 3.90. The van der Waals surface area contributed by atoms with Gasteiger partial charge in [-0.05, 0) is 13.3 Å². The van der Waals surface area contributed by atoms with Gasteiger partial charge in [-0.3, -0.25) is 4.21 Å². The fourth-order valence-electron chi connectivity index (χ4n) is 1.59. The van der Waals surface area contributed by atoms with Crippen molar-refractivity contribution in [2.45, 2.75) is 19.4 Å². The van der Waals surface area contributed by atoms with Gasteiger partial charge in [0.2, 0.25) is 0 Å². The molecule has 82 valence electrons. The molecule has 1 saturated heterocycles. The van der Waals surface area contributed by atoms with Gasteiger partial charge in [0.1, 0.15) is 16.8 Å². The minimum absolute atomic E-state index is 0.246. The molecule has 1 N–H and O–H groups in total. The predicted molar refractivity (Wildman–Crippen MR) is 61.7 cm³/mol. The van der Waals surface area contributed by atoms with E-state index in [-0.39, 0.29) is 6.04 Å². The van der Waals surface area contributed by atoms with Gasteiger partial charge in [-0.2, -0.15) is 0 Å². The van der Waals surface area contributed by atoms with Crippen LogP contribution in [0, 0.1) is 6.92 Å². The van der Waals surface area contributed by atoms with Crippen LogP contribution in [0.5, 0.6) is 0 Å². The number of aromatic nitrogens is 2. The molecular weight excluding hydrogens is 234 g/mol. The van der Waals surface area contributed by atoms with Gasteiger partial charge in [-0.1, -0.05) is 11.6 Å². The van der Waals surface area contributed by atoms with Crippen LogP contribution in [0.1, 0.15) is 12.2 Å². The Morgan fingerprint density at radius 3 is 3.00 bits per heavy atom. The van der Waals surface area contributed by atoms with Crippen LogP contribution in [-0.4, -0.2) is 31.7 Å². The fraction of sp³-hybridized carbons (Fsp3) is 0.556. The number of nitrogens with one attached hydrogen (secondary N) is 1. The van der Waals surface area contributed by atoms with Crippen LogP contribution in [0.2, 0.25) is 5.15 Å². The van der Waals surface area contributed by atoms with Crippen LogP contribution in [0.25, 0.3) is 0 Å². The van der Waals surface area contributed by atoms with E-state index >= 15 is 0 Å². The third kappa shape index (κ3) is 2.89. The monoisotopic (exact) mass is 245 g/mol. The van der Waals surface area contributed by atoms with Crippen LogP contribution < -0.4 is 5.32 Å². The molecule has 0 unspecified atom stereocenters. The van der Waals surface area contributed by atoms with E-state index in [0.29, 0.717) is 16.7 Å². The van der Waals surface area contributed by atoms with Crippen molar-refractivity contribution < 1.29 is 4.21 Å². The van der Waals surface area contributed by atoms with Crippen LogP contribution >= 0.6 is 11.6 Å². The molecule has 1 aromatic heterocycles. The van der Waals surface area contributed by atoms with Gasteiger partial charge in [-0.25, -0.2) is 9.97 Å². The third-order valence-electron chi connectivity index (χ3n) is 2.24. The first-order valence-corrected chi connectivity index (χ1v) is 6.63. The lowest BCUT2D eigenvalue weighted by atomic mass is 10.2. The van der Waals surface area contributed by atoms with Gasteiger partial charge >= 0.3 is 0 Å². The van der Waals surface area contributed by atoms with E-state index in [2.05, 4.69) is 15.3 Å². The smallest absolute Gasteiger partial charge is 0.134 e. The Morgan fingerprint density at radius 2 is 2.40 bits per heavy atom. The molecule has 1 aromatic rings. The Balaban J connectivity index is 2.07. The Morgan fingerprint density at radius 1 is 1.60 bits per heavy atom. The van der Waals surface area contributed by atoms with Gasteiger partial charge in [0.05, 0.1) is 0 Å². The Labute approximate surface area is 95.9 Å². The topological polar surface area (TPSA) is 54.9 Å². The van der Waals surface area contributed by atoms with Crippen molar-refractivity contribution in [3.63, 3.8) is 0 Å². The zero-order chi connectivity index (χ0) is 10.8. The van der Waals surface area contributed by atoms with Crippen LogP contribution in [-0.2, 0) is 10.8 Å². The number of hydrogen-bond acceptors (Lipinski definition) is 4. The van der Waals surface area contributed by atoms with E-state index < -0.39 is 10.8 Å². The standard InChI is InChI=1S/C9H12ClN3OS/c1-6-11-8(10)4-9(12-6)13-7-2-3-15(14)5-7/h4,7H,2-3,5H2,1H3,(H,11,12,13)/t7-,15-/m1/s1. The molecule has 0 bridgehead atoms. The van der Waals surface area contributed by atoms with E-state index in [0.717, 1.165) is 18.0 Å². The molecule has 0 spiro atoms. The van der Waals surface area contributed by atoms with Gasteiger partial charge in [-0.15, -0.1) is 0 Å². The first kappa shape index (κ1) is 10.8. The lowest BCUT2D eigenvalue weighted by Gasteiger charge is -2.11. The number of nitrogens with zero attached hydrogens (tertiary/aromatic N) is 2. The minimum atomic E-state index is -0.676. The molecule has 0 aromatic carbocycles. The summed E-state index contributed by atoms with van der Waals surface area (Å²) in [7, 11) is -0.676. The lowest BCUT2D eigenvalue weighted by molar-refractivity contribution is 0.686. The molecule has 15 heavy (non-hydrogen) atoms. The molecular formula is C9H12ClN3OS. The summed E-state index contributed by atoms with van der Waals surface area (Å²) in [6, 6.07) is 1.94. The number of anilines is 1. The summed E-state index contributed by atoms with van der Waals surface area (Å²) in [5, 5.41) is 3.66. The van der Waals surface area contributed by atoms with Crippen molar-refractivity contribution in [1.82, 2.24) is 9.97 Å². The molecule has 2 atom stereocenters. The molecule has 1 aliphatic heterocycles. The van der Waals surface area contributed by atoms with E-state index in [1.54, 1.807) is 13.0 Å². The summed E-state index contributed by atoms with van der Waals surface area (Å²) in [5.74, 6) is 2.83. The molecule has 2 rings (SSSR count). The second-order valence-electron chi connectivity index (χ2n) is 3.56. The highest BCUT2D eigenvalue weighted by Gasteiger charge is 2.21. The summed E-state index contributed by atoms with van der Waals surface area (Å²) in [4.78, 5) is 8.20. The first-order chi connectivity index (χ1) is 7.13. The number of halogens is 1. The zero-order valence-electron chi connectivity index (χ0n) is 8.36. The lowest BCUT2D eigenvalue weighted by Crippen LogP contribution is -2.20. The minimum Gasteiger partial charge on any atom is -0.366 e. The van der Waals surface area contributed by atoms with Crippen molar-refractivity contribution in [2.75, 3.05) is 16.8 Å². The van der Waals surface area contributed by atoms with Crippen molar-refractivity contribution in [3.05, 3.63) is 17.0 Å². The first-order valence-electron chi connectivity index (χ1n) is 4.76. The van der Waals surface area contributed by atoms with E-state index in [1.807, 2.05) is 0 Å². The van der Waals surface area contributed by atoms with Crippen LogP contribution in [0.15, 0.2) is 6.07 Å². The average molecular weight is 246 g/mol. The summed E-state index contributed by atoms with van der Waals surface area (Å²) < 4.78 is 11.2. The molecule has 0 radical (unpaired) electrons. The molecule has 1 fully saturated rings. The van der Waals surface area contributed by atoms with E-state index in [1.165, 1.54) is 0 Å². The highest BCUT2D eigenvalue weighted by Crippen LogP contribution is 2.16. The van der Waals surface area contributed by atoms with E-state index in [4.69, 9.17) is 11.6 Å². The molecule has 4 nitrogen and oxygen atoms in total. The molecule has 0 saturated carbocycles. The summed E-state index contributed by atoms with van der Waals surface area (Å²) in [6.45, 7) is 1.80. The number of hydrogen-bond donors (Lipinski definition) is 1. The highest BCUT2D eigenvalue weighted by molar-refractivity contribution is 7.85. The second kappa shape index (κ2) is 4.45. The maximum absolute atomic E-state index is 11.2. The molecule has 0 aliphatic carbocycles. The van der Waals surface area contributed by atoms with Crippen molar-refractivity contribution in [2.24, 2.45) is 0 Å². The predicted octanol–water partition coefficient (Wildman–Crippen LogP) is 1.37. The zero-order valence-corrected chi connectivity index (χ0v) is 9.94. The molecule has 6 heteroatoms. The van der Waals surface area contributed by atoms with E-state index in [9.17, 15) is 4.21 Å². The summed E-state index contributed by atoms with van der Waals surface area (Å²) >= 11 is 5.81.